The average Bonchev–Trinajstić information content (AvgIpc) is 3.08. The molecule has 0 saturated heterocycles. The number of nitrogens with zero attached hydrogens (tertiary/aromatic N) is 2. The Kier molecular flexibility index (Phi) is 5.32. The number of aromatic nitrogens is 1. The molecule has 1 N–H and O–H groups in total. The molecule has 0 atom stereocenters. The average molecular weight is 410 g/mol. The van der Waals surface area contributed by atoms with Crippen LogP contribution in [-0.2, 0) is 0 Å². The first kappa shape index (κ1) is 17.4. The molecule has 0 unspecified atom stereocenters. The van der Waals surface area contributed by atoms with Crippen LogP contribution in [-0.4, -0.2) is 4.98 Å². The lowest BCUT2D eigenvalue weighted by molar-refractivity contribution is 1.31. The molecule has 0 aliphatic carbocycles. The van der Waals surface area contributed by atoms with Gasteiger partial charge in [-0.05, 0) is 49.2 Å². The van der Waals surface area contributed by atoms with E-state index in [1.165, 1.54) is 22.5 Å². The van der Waals surface area contributed by atoms with Crippen LogP contribution >= 0.6 is 27.3 Å². The fraction of sp³-hybridized carbons (Fsp3) is 0.100. The van der Waals surface area contributed by atoms with Crippen LogP contribution in [0.4, 0.5) is 5.69 Å². The second-order valence-corrected chi connectivity index (χ2v) is 7.44. The van der Waals surface area contributed by atoms with Crippen molar-refractivity contribution in [2.24, 2.45) is 0 Å². The minimum absolute atomic E-state index is 0.514. The summed E-state index contributed by atoms with van der Waals surface area (Å²) < 4.78 is 0.982. The normalized spacial score (nSPS) is 11.2. The highest BCUT2D eigenvalue weighted by Crippen LogP contribution is 2.27. The third-order valence-electron chi connectivity index (χ3n) is 3.87. The molecular weight excluding hydrogens is 394 g/mol. The zero-order valence-electron chi connectivity index (χ0n) is 13.9. The van der Waals surface area contributed by atoms with Gasteiger partial charge in [0.05, 0.1) is 5.69 Å². The van der Waals surface area contributed by atoms with E-state index in [4.69, 9.17) is 0 Å². The maximum atomic E-state index is 9.47. The van der Waals surface area contributed by atoms with Crippen LogP contribution in [0.3, 0.4) is 0 Å². The van der Waals surface area contributed by atoms with E-state index in [0.29, 0.717) is 10.6 Å². The summed E-state index contributed by atoms with van der Waals surface area (Å²) in [5.41, 5.74) is 5.89. The van der Waals surface area contributed by atoms with Gasteiger partial charge in [-0.15, -0.1) is 11.3 Å². The molecule has 3 nitrogen and oxygen atoms in total. The van der Waals surface area contributed by atoms with E-state index in [2.05, 4.69) is 64.3 Å². The first-order chi connectivity index (χ1) is 12.1. The van der Waals surface area contributed by atoms with Crippen molar-refractivity contribution in [2.75, 3.05) is 5.32 Å². The van der Waals surface area contributed by atoms with E-state index in [1.54, 1.807) is 6.20 Å². The maximum Gasteiger partial charge on any atom is 0.136 e. The number of benzene rings is 2. The molecule has 0 radical (unpaired) electrons. The summed E-state index contributed by atoms with van der Waals surface area (Å²) in [4.78, 5) is 4.63. The minimum atomic E-state index is 0.514. The van der Waals surface area contributed by atoms with E-state index < -0.39 is 0 Å². The summed E-state index contributed by atoms with van der Waals surface area (Å²) in [6.45, 7) is 4.18. The fourth-order valence-corrected chi connectivity index (χ4v) is 3.50. The van der Waals surface area contributed by atoms with Gasteiger partial charge in [0, 0.05) is 27.3 Å². The van der Waals surface area contributed by atoms with Gasteiger partial charge in [0.15, 0.2) is 0 Å². The monoisotopic (exact) mass is 409 g/mol. The highest BCUT2D eigenvalue weighted by atomic mass is 79.9. The van der Waals surface area contributed by atoms with Crippen molar-refractivity contribution in [2.45, 2.75) is 13.8 Å². The molecule has 3 aromatic rings. The summed E-state index contributed by atoms with van der Waals surface area (Å²) in [7, 11) is 0. The van der Waals surface area contributed by atoms with Crippen molar-refractivity contribution >= 4 is 38.5 Å². The number of hydrogen-bond acceptors (Lipinski definition) is 4. The number of anilines is 1. The van der Waals surface area contributed by atoms with E-state index in [0.717, 1.165) is 21.4 Å². The number of hydrogen-bond donors (Lipinski definition) is 1. The first-order valence-electron chi connectivity index (χ1n) is 7.73. The molecule has 0 aliphatic rings. The van der Waals surface area contributed by atoms with E-state index in [-0.39, 0.29) is 0 Å². The quantitative estimate of drug-likeness (QED) is 0.524. The predicted octanol–water partition coefficient (Wildman–Crippen LogP) is 6.17. The Hall–Kier alpha value is -2.42. The largest absolute Gasteiger partial charge is 0.360 e. The van der Waals surface area contributed by atoms with Crippen LogP contribution in [0.15, 0.2) is 58.5 Å². The predicted molar refractivity (Wildman–Crippen MR) is 108 cm³/mol. The second kappa shape index (κ2) is 7.64. The molecule has 0 saturated carbocycles. The van der Waals surface area contributed by atoms with Gasteiger partial charge in [-0.3, -0.25) is 0 Å². The molecule has 1 heterocycles. The van der Waals surface area contributed by atoms with Gasteiger partial charge in [-0.2, -0.15) is 5.26 Å². The summed E-state index contributed by atoms with van der Waals surface area (Å²) in [5.74, 6) is 0. The molecule has 0 aliphatic heterocycles. The molecule has 0 bridgehead atoms. The van der Waals surface area contributed by atoms with Crippen LogP contribution < -0.4 is 5.32 Å². The van der Waals surface area contributed by atoms with Gasteiger partial charge in [-0.1, -0.05) is 34.1 Å². The van der Waals surface area contributed by atoms with Crippen molar-refractivity contribution in [3.05, 3.63) is 74.7 Å². The Morgan fingerprint density at radius 2 is 2.04 bits per heavy atom. The SMILES string of the molecule is Cc1ccc(-c2csc(/C(C#N)=C/Nc3cccc(Br)c3)n2)cc1C. The van der Waals surface area contributed by atoms with Crippen molar-refractivity contribution < 1.29 is 0 Å². The van der Waals surface area contributed by atoms with Crippen molar-refractivity contribution in [1.82, 2.24) is 4.98 Å². The van der Waals surface area contributed by atoms with Gasteiger partial charge in [0.25, 0.3) is 0 Å². The zero-order valence-corrected chi connectivity index (χ0v) is 16.3. The summed E-state index contributed by atoms with van der Waals surface area (Å²) >= 11 is 4.91. The standard InChI is InChI=1S/C20H16BrN3S/c1-13-6-7-15(8-14(13)2)19-12-25-20(24-19)16(10-22)11-23-18-5-3-4-17(21)9-18/h3-9,11-12,23H,1-2H3/b16-11+. The number of aryl methyl sites for hydroxylation is 2. The smallest absolute Gasteiger partial charge is 0.136 e. The Morgan fingerprint density at radius 1 is 1.20 bits per heavy atom. The van der Waals surface area contributed by atoms with Gasteiger partial charge in [-0.25, -0.2) is 4.98 Å². The highest BCUT2D eigenvalue weighted by molar-refractivity contribution is 9.10. The van der Waals surface area contributed by atoms with Crippen molar-refractivity contribution in [1.29, 1.82) is 5.26 Å². The Labute approximate surface area is 159 Å². The van der Waals surface area contributed by atoms with Gasteiger partial charge >= 0.3 is 0 Å². The van der Waals surface area contributed by atoms with E-state index >= 15 is 0 Å². The Balaban J connectivity index is 1.85. The number of halogens is 1. The van der Waals surface area contributed by atoms with Gasteiger partial charge in [0.1, 0.15) is 16.6 Å². The molecule has 0 amide bonds. The van der Waals surface area contributed by atoms with Crippen molar-refractivity contribution in [3.8, 4) is 17.3 Å². The lowest BCUT2D eigenvalue weighted by atomic mass is 10.1. The number of thiazole rings is 1. The third-order valence-corrected chi connectivity index (χ3v) is 5.23. The molecule has 1 aromatic heterocycles. The van der Waals surface area contributed by atoms with Gasteiger partial charge in [0.2, 0.25) is 0 Å². The number of allylic oxidation sites excluding steroid dienone is 1. The third kappa shape index (κ3) is 4.16. The number of nitriles is 1. The Bertz CT molecular complexity index is 983. The van der Waals surface area contributed by atoms with Crippen LogP contribution in [0.25, 0.3) is 16.8 Å². The minimum Gasteiger partial charge on any atom is -0.360 e. The number of rotatable bonds is 4. The molecule has 0 fully saturated rings. The fourth-order valence-electron chi connectivity index (χ4n) is 2.31. The summed E-state index contributed by atoms with van der Waals surface area (Å²) in [5, 5.41) is 15.3. The topological polar surface area (TPSA) is 48.7 Å². The highest BCUT2D eigenvalue weighted by Gasteiger charge is 2.09. The van der Waals surface area contributed by atoms with Crippen LogP contribution in [0, 0.1) is 25.2 Å². The molecule has 5 heteroatoms. The van der Waals surface area contributed by atoms with E-state index in [1.807, 2.05) is 29.6 Å². The van der Waals surface area contributed by atoms with E-state index in [9.17, 15) is 5.26 Å². The molecular formula is C20H16BrN3S. The second-order valence-electron chi connectivity index (χ2n) is 5.66. The summed E-state index contributed by atoms with van der Waals surface area (Å²) in [6, 6.07) is 16.3. The molecule has 3 rings (SSSR count). The first-order valence-corrected chi connectivity index (χ1v) is 9.40. The molecule has 2 aromatic carbocycles. The number of nitrogens with one attached hydrogen (secondary N) is 1. The maximum absolute atomic E-state index is 9.47. The van der Waals surface area contributed by atoms with Crippen LogP contribution in [0.1, 0.15) is 16.1 Å². The summed E-state index contributed by atoms with van der Waals surface area (Å²) in [6.07, 6.45) is 1.70. The lowest BCUT2D eigenvalue weighted by Crippen LogP contribution is -1.91. The van der Waals surface area contributed by atoms with Crippen LogP contribution in [0.5, 0.6) is 0 Å². The molecule has 25 heavy (non-hydrogen) atoms. The zero-order chi connectivity index (χ0) is 17.8. The van der Waals surface area contributed by atoms with Crippen LogP contribution in [0.2, 0.25) is 0 Å². The molecule has 124 valence electrons. The molecule has 0 spiro atoms. The van der Waals surface area contributed by atoms with Crippen molar-refractivity contribution in [3.63, 3.8) is 0 Å². The van der Waals surface area contributed by atoms with Gasteiger partial charge < -0.3 is 5.32 Å². The Morgan fingerprint density at radius 3 is 2.76 bits per heavy atom. The lowest BCUT2D eigenvalue weighted by Gasteiger charge is -2.03.